The van der Waals surface area contributed by atoms with Gasteiger partial charge in [-0.05, 0) is 49.7 Å². The number of carbonyl (C=O) groups excluding carboxylic acids is 1. The molecule has 2 aromatic heterocycles. The van der Waals surface area contributed by atoms with Gasteiger partial charge in [0, 0.05) is 16.7 Å². The number of aromatic nitrogens is 3. The Kier molecular flexibility index (Phi) is 3.80. The van der Waals surface area contributed by atoms with E-state index in [1.807, 2.05) is 44.5 Å². The highest BCUT2D eigenvalue weighted by Gasteiger charge is 2.17. The molecular weight excluding hydrogens is 308 g/mol. The third kappa shape index (κ3) is 2.73. The first kappa shape index (κ1) is 13.9. The van der Waals surface area contributed by atoms with Crippen molar-refractivity contribution in [2.75, 3.05) is 5.32 Å². The Bertz CT molecular complexity index is 593. The number of nitrogens with zero attached hydrogens (tertiary/aromatic N) is 2. The average molecular weight is 325 g/mol. The zero-order chi connectivity index (χ0) is 14.2. The summed E-state index contributed by atoms with van der Waals surface area (Å²) in [5.41, 5.74) is 3.01. The van der Waals surface area contributed by atoms with E-state index in [0.717, 1.165) is 21.5 Å². The van der Waals surface area contributed by atoms with Crippen LogP contribution in [0.4, 0.5) is 5.69 Å². The molecule has 0 spiro atoms. The van der Waals surface area contributed by atoms with Crippen LogP contribution in [0.15, 0.2) is 16.7 Å². The van der Waals surface area contributed by atoms with Gasteiger partial charge in [0.05, 0.1) is 17.1 Å². The number of carbonyl (C=O) groups is 1. The van der Waals surface area contributed by atoms with Gasteiger partial charge in [-0.3, -0.25) is 9.89 Å². The minimum absolute atomic E-state index is 0.132. The highest BCUT2D eigenvalue weighted by molar-refractivity contribution is 9.10. The van der Waals surface area contributed by atoms with Crippen LogP contribution in [0.5, 0.6) is 0 Å². The lowest BCUT2D eigenvalue weighted by molar-refractivity contribution is 0.101. The summed E-state index contributed by atoms with van der Waals surface area (Å²) < 4.78 is 2.83. The minimum atomic E-state index is -0.132. The lowest BCUT2D eigenvalue weighted by atomic mass is 10.3. The van der Waals surface area contributed by atoms with E-state index in [2.05, 4.69) is 31.4 Å². The summed E-state index contributed by atoms with van der Waals surface area (Å²) in [6.45, 7) is 7.82. The third-order valence-corrected chi connectivity index (χ3v) is 3.40. The van der Waals surface area contributed by atoms with Crippen LogP contribution < -0.4 is 5.32 Å². The van der Waals surface area contributed by atoms with Crippen molar-refractivity contribution >= 4 is 27.5 Å². The van der Waals surface area contributed by atoms with Crippen molar-refractivity contribution in [3.05, 3.63) is 33.8 Å². The average Bonchev–Trinajstić information content (AvgIpc) is 2.87. The predicted molar refractivity (Wildman–Crippen MR) is 78.5 cm³/mol. The highest BCUT2D eigenvalue weighted by Crippen LogP contribution is 2.22. The Morgan fingerprint density at radius 3 is 2.68 bits per heavy atom. The molecule has 1 amide bonds. The van der Waals surface area contributed by atoms with Crippen molar-refractivity contribution in [2.24, 2.45) is 0 Å². The number of nitrogens with one attached hydrogen (secondary N) is 2. The molecule has 0 saturated carbocycles. The summed E-state index contributed by atoms with van der Waals surface area (Å²) in [6.07, 6.45) is 1.91. The maximum atomic E-state index is 12.4. The van der Waals surface area contributed by atoms with Crippen molar-refractivity contribution in [1.29, 1.82) is 0 Å². The van der Waals surface area contributed by atoms with Crippen LogP contribution in [-0.2, 0) is 0 Å². The lowest BCUT2D eigenvalue weighted by Crippen LogP contribution is -2.18. The van der Waals surface area contributed by atoms with E-state index in [4.69, 9.17) is 0 Å². The van der Waals surface area contributed by atoms with E-state index < -0.39 is 0 Å². The van der Waals surface area contributed by atoms with Crippen LogP contribution in [0, 0.1) is 13.8 Å². The molecule has 0 aliphatic rings. The van der Waals surface area contributed by atoms with E-state index in [-0.39, 0.29) is 11.9 Å². The van der Waals surface area contributed by atoms with E-state index in [0.29, 0.717) is 5.69 Å². The first-order valence-electron chi connectivity index (χ1n) is 6.10. The summed E-state index contributed by atoms with van der Waals surface area (Å²) in [5, 5.41) is 9.83. The lowest BCUT2D eigenvalue weighted by Gasteiger charge is -2.12. The molecule has 6 heteroatoms. The molecule has 0 aliphatic carbocycles. The molecule has 0 saturated heterocycles. The van der Waals surface area contributed by atoms with Gasteiger partial charge in [0.15, 0.2) is 0 Å². The zero-order valence-corrected chi connectivity index (χ0v) is 13.0. The van der Waals surface area contributed by atoms with Gasteiger partial charge in [0.2, 0.25) is 0 Å². The minimum Gasteiger partial charge on any atom is -0.340 e. The molecule has 0 unspecified atom stereocenters. The molecule has 0 atom stereocenters. The second kappa shape index (κ2) is 5.21. The highest BCUT2D eigenvalue weighted by atomic mass is 79.9. The molecule has 19 heavy (non-hydrogen) atoms. The van der Waals surface area contributed by atoms with Crippen LogP contribution in [0.1, 0.15) is 41.8 Å². The van der Waals surface area contributed by atoms with Gasteiger partial charge in [0.1, 0.15) is 5.69 Å². The van der Waals surface area contributed by atoms with E-state index in [1.54, 1.807) is 0 Å². The number of aromatic amines is 1. The van der Waals surface area contributed by atoms with Crippen LogP contribution in [-0.4, -0.2) is 20.7 Å². The second-order valence-electron chi connectivity index (χ2n) is 4.81. The van der Waals surface area contributed by atoms with Gasteiger partial charge in [-0.25, -0.2) is 0 Å². The summed E-state index contributed by atoms with van der Waals surface area (Å²) in [5.74, 6) is -0.132. The van der Waals surface area contributed by atoms with Crippen molar-refractivity contribution < 1.29 is 4.79 Å². The van der Waals surface area contributed by atoms with E-state index in [1.165, 1.54) is 0 Å². The summed E-state index contributed by atoms with van der Waals surface area (Å²) >= 11 is 3.41. The maximum Gasteiger partial charge on any atom is 0.272 e. The summed E-state index contributed by atoms with van der Waals surface area (Å²) in [7, 11) is 0. The smallest absolute Gasteiger partial charge is 0.272 e. The monoisotopic (exact) mass is 324 g/mol. The number of hydrogen-bond acceptors (Lipinski definition) is 2. The van der Waals surface area contributed by atoms with Gasteiger partial charge in [0.25, 0.3) is 5.91 Å². The molecule has 5 nitrogen and oxygen atoms in total. The molecule has 0 aliphatic heterocycles. The van der Waals surface area contributed by atoms with Crippen LogP contribution in [0.25, 0.3) is 0 Å². The molecule has 2 aromatic rings. The van der Waals surface area contributed by atoms with Crippen molar-refractivity contribution in [3.8, 4) is 0 Å². The molecule has 2 N–H and O–H groups in total. The molecule has 0 bridgehead atoms. The molecule has 0 fully saturated rings. The number of halogens is 1. The Hall–Kier alpha value is -1.56. The number of aryl methyl sites for hydroxylation is 2. The predicted octanol–water partition coefficient (Wildman–Crippen LogP) is 3.42. The Morgan fingerprint density at radius 2 is 2.16 bits per heavy atom. The van der Waals surface area contributed by atoms with Gasteiger partial charge in [-0.2, -0.15) is 5.10 Å². The number of anilines is 1. The topological polar surface area (TPSA) is 62.7 Å². The SMILES string of the molecule is Cc1n[nH]c(C)c1NC(=O)c1cc(Br)cn1C(C)C. The fourth-order valence-electron chi connectivity index (χ4n) is 1.97. The molecular formula is C13H17BrN4O. The largest absolute Gasteiger partial charge is 0.340 e. The van der Waals surface area contributed by atoms with E-state index >= 15 is 0 Å². The normalized spacial score (nSPS) is 11.1. The molecule has 0 aromatic carbocycles. The van der Waals surface area contributed by atoms with Gasteiger partial charge in [-0.1, -0.05) is 0 Å². The van der Waals surface area contributed by atoms with E-state index in [9.17, 15) is 4.79 Å². The van der Waals surface area contributed by atoms with Crippen molar-refractivity contribution in [3.63, 3.8) is 0 Å². The van der Waals surface area contributed by atoms with Crippen LogP contribution >= 0.6 is 15.9 Å². The number of hydrogen-bond donors (Lipinski definition) is 2. The van der Waals surface area contributed by atoms with Crippen molar-refractivity contribution in [1.82, 2.24) is 14.8 Å². The number of H-pyrrole nitrogens is 1. The fraction of sp³-hybridized carbons (Fsp3) is 0.385. The fourth-order valence-corrected chi connectivity index (χ4v) is 2.40. The molecule has 0 radical (unpaired) electrons. The van der Waals surface area contributed by atoms with Crippen molar-refractivity contribution in [2.45, 2.75) is 33.7 Å². The zero-order valence-electron chi connectivity index (χ0n) is 11.4. The Balaban J connectivity index is 2.30. The Morgan fingerprint density at radius 1 is 1.47 bits per heavy atom. The Labute approximate surface area is 120 Å². The standard InChI is InChI=1S/C13H17BrN4O/c1-7(2)18-6-10(14)5-11(18)13(19)15-12-8(3)16-17-9(12)4/h5-7H,1-4H3,(H,15,19)(H,16,17). The summed E-state index contributed by atoms with van der Waals surface area (Å²) in [4.78, 5) is 12.4. The maximum absolute atomic E-state index is 12.4. The van der Waals surface area contributed by atoms with Gasteiger partial charge >= 0.3 is 0 Å². The van der Waals surface area contributed by atoms with Gasteiger partial charge in [-0.15, -0.1) is 0 Å². The van der Waals surface area contributed by atoms with Gasteiger partial charge < -0.3 is 9.88 Å². The number of amides is 1. The van der Waals surface area contributed by atoms with Crippen LogP contribution in [0.3, 0.4) is 0 Å². The quantitative estimate of drug-likeness (QED) is 0.908. The second-order valence-corrected chi connectivity index (χ2v) is 5.72. The number of rotatable bonds is 3. The first-order chi connectivity index (χ1) is 8.90. The molecule has 102 valence electrons. The third-order valence-electron chi connectivity index (χ3n) is 2.97. The summed E-state index contributed by atoms with van der Waals surface area (Å²) in [6, 6.07) is 2.04. The van der Waals surface area contributed by atoms with Crippen LogP contribution in [0.2, 0.25) is 0 Å². The molecule has 2 rings (SSSR count). The molecule has 2 heterocycles. The first-order valence-corrected chi connectivity index (χ1v) is 6.89.